The lowest BCUT2D eigenvalue weighted by Gasteiger charge is -2.31. The number of carbonyl (C=O) groups excluding carboxylic acids is 1. The predicted molar refractivity (Wildman–Crippen MR) is 107 cm³/mol. The Morgan fingerprint density at radius 3 is 2.46 bits per heavy atom. The van der Waals surface area contributed by atoms with Crippen molar-refractivity contribution in [2.24, 2.45) is 5.92 Å². The van der Waals surface area contributed by atoms with Crippen LogP contribution in [0.25, 0.3) is 0 Å². The highest BCUT2D eigenvalue weighted by atomic mass is 79.9. The van der Waals surface area contributed by atoms with Gasteiger partial charge in [-0.2, -0.15) is 0 Å². The molecule has 0 bridgehead atoms. The zero-order valence-corrected chi connectivity index (χ0v) is 16.8. The van der Waals surface area contributed by atoms with E-state index in [9.17, 15) is 4.79 Å². The highest BCUT2D eigenvalue weighted by Gasteiger charge is 2.21. The average molecular weight is 429 g/mol. The molecule has 0 amide bonds. The Kier molecular flexibility index (Phi) is 7.95. The molecule has 0 saturated carbocycles. The molecule has 1 aromatic carbocycles. The Hall–Kier alpha value is -0.680. The second-order valence-electron chi connectivity index (χ2n) is 6.33. The highest BCUT2D eigenvalue weighted by Crippen LogP contribution is 2.24. The van der Waals surface area contributed by atoms with Crippen LogP contribution in [0.2, 0.25) is 0 Å². The van der Waals surface area contributed by atoms with Crippen molar-refractivity contribution in [3.8, 4) is 0 Å². The zero-order chi connectivity index (χ0) is 16.1. The SMILES string of the molecule is Cl.O=C(Cc1ccc(Br)s1)CN1CCC(Cc2ccccc2)CC1. The van der Waals surface area contributed by atoms with Crippen LogP contribution in [0.5, 0.6) is 0 Å². The minimum Gasteiger partial charge on any atom is -0.298 e. The lowest BCUT2D eigenvalue weighted by molar-refractivity contribution is -0.119. The Labute approximate surface area is 162 Å². The average Bonchev–Trinajstić information content (AvgIpc) is 2.95. The topological polar surface area (TPSA) is 20.3 Å². The van der Waals surface area contributed by atoms with E-state index in [-0.39, 0.29) is 12.4 Å². The molecule has 1 aliphatic rings. The van der Waals surface area contributed by atoms with Crippen LogP contribution in [0.3, 0.4) is 0 Å². The molecule has 130 valence electrons. The van der Waals surface area contributed by atoms with E-state index in [1.807, 2.05) is 12.1 Å². The first-order chi connectivity index (χ1) is 11.2. The van der Waals surface area contributed by atoms with Crippen LogP contribution in [-0.4, -0.2) is 30.3 Å². The second kappa shape index (κ2) is 9.71. The summed E-state index contributed by atoms with van der Waals surface area (Å²) in [5.74, 6) is 1.10. The van der Waals surface area contributed by atoms with Crippen molar-refractivity contribution in [1.82, 2.24) is 4.90 Å². The number of halogens is 2. The van der Waals surface area contributed by atoms with Crippen molar-refractivity contribution in [2.75, 3.05) is 19.6 Å². The molecule has 0 aliphatic carbocycles. The molecule has 1 fully saturated rings. The lowest BCUT2D eigenvalue weighted by atomic mass is 9.90. The van der Waals surface area contributed by atoms with Crippen molar-refractivity contribution in [3.63, 3.8) is 0 Å². The van der Waals surface area contributed by atoms with E-state index < -0.39 is 0 Å². The molecule has 24 heavy (non-hydrogen) atoms. The molecule has 1 aromatic heterocycles. The number of Topliss-reactive ketones (excluding diaryl/α,β-unsaturated/α-hetero) is 1. The fourth-order valence-corrected chi connectivity index (χ4v) is 4.75. The van der Waals surface area contributed by atoms with E-state index in [1.165, 1.54) is 24.8 Å². The van der Waals surface area contributed by atoms with Gasteiger partial charge < -0.3 is 0 Å². The van der Waals surface area contributed by atoms with Gasteiger partial charge in [0.1, 0.15) is 0 Å². The molecular weight excluding hydrogens is 406 g/mol. The summed E-state index contributed by atoms with van der Waals surface area (Å²) < 4.78 is 1.10. The van der Waals surface area contributed by atoms with Crippen molar-refractivity contribution in [3.05, 3.63) is 56.7 Å². The minimum absolute atomic E-state index is 0. The van der Waals surface area contributed by atoms with E-state index in [0.29, 0.717) is 18.7 Å². The van der Waals surface area contributed by atoms with Crippen LogP contribution in [0.15, 0.2) is 46.3 Å². The maximum atomic E-state index is 12.2. The molecule has 0 spiro atoms. The molecule has 0 atom stereocenters. The van der Waals surface area contributed by atoms with Gasteiger partial charge in [-0.15, -0.1) is 23.7 Å². The van der Waals surface area contributed by atoms with Crippen LogP contribution >= 0.6 is 39.7 Å². The number of carbonyl (C=O) groups is 1. The molecular formula is C19H23BrClNOS. The molecule has 1 saturated heterocycles. The normalized spacial score (nSPS) is 15.9. The third-order valence-corrected chi connectivity index (χ3v) is 6.10. The van der Waals surface area contributed by atoms with Crippen LogP contribution in [0, 0.1) is 5.92 Å². The van der Waals surface area contributed by atoms with Crippen molar-refractivity contribution in [1.29, 1.82) is 0 Å². The van der Waals surface area contributed by atoms with Crippen LogP contribution in [0.1, 0.15) is 23.3 Å². The molecule has 1 aliphatic heterocycles. The second-order valence-corrected chi connectivity index (χ2v) is 8.88. The first kappa shape index (κ1) is 19.6. The van der Waals surface area contributed by atoms with Gasteiger partial charge in [0, 0.05) is 11.3 Å². The summed E-state index contributed by atoms with van der Waals surface area (Å²) >= 11 is 5.11. The van der Waals surface area contributed by atoms with Gasteiger partial charge in [0.15, 0.2) is 5.78 Å². The fourth-order valence-electron chi connectivity index (χ4n) is 3.24. The van der Waals surface area contributed by atoms with Gasteiger partial charge in [-0.05, 0) is 71.9 Å². The number of rotatable bonds is 6. The van der Waals surface area contributed by atoms with Crippen LogP contribution in [-0.2, 0) is 17.6 Å². The van der Waals surface area contributed by atoms with Gasteiger partial charge in [0.25, 0.3) is 0 Å². The van der Waals surface area contributed by atoms with Crippen LogP contribution in [0.4, 0.5) is 0 Å². The van der Waals surface area contributed by atoms with E-state index in [1.54, 1.807) is 11.3 Å². The van der Waals surface area contributed by atoms with Crippen molar-refractivity contribution < 1.29 is 4.79 Å². The van der Waals surface area contributed by atoms with Gasteiger partial charge in [0.05, 0.1) is 10.3 Å². The number of hydrogen-bond acceptors (Lipinski definition) is 3. The van der Waals surface area contributed by atoms with E-state index >= 15 is 0 Å². The van der Waals surface area contributed by atoms with Crippen molar-refractivity contribution >= 4 is 45.5 Å². The predicted octanol–water partition coefficient (Wildman–Crippen LogP) is 5.00. The highest BCUT2D eigenvalue weighted by molar-refractivity contribution is 9.11. The van der Waals surface area contributed by atoms with Gasteiger partial charge >= 0.3 is 0 Å². The summed E-state index contributed by atoms with van der Waals surface area (Å²) in [4.78, 5) is 15.7. The maximum absolute atomic E-state index is 12.2. The van der Waals surface area contributed by atoms with E-state index in [2.05, 4.69) is 51.2 Å². The zero-order valence-electron chi connectivity index (χ0n) is 13.6. The van der Waals surface area contributed by atoms with Gasteiger partial charge in [-0.25, -0.2) is 0 Å². The third-order valence-electron chi connectivity index (χ3n) is 4.47. The number of likely N-dealkylation sites (tertiary alicyclic amines) is 1. The number of benzene rings is 1. The minimum atomic E-state index is 0. The number of thiophene rings is 1. The van der Waals surface area contributed by atoms with Gasteiger partial charge in [-0.1, -0.05) is 30.3 Å². The lowest BCUT2D eigenvalue weighted by Crippen LogP contribution is -2.38. The van der Waals surface area contributed by atoms with Crippen LogP contribution < -0.4 is 0 Å². The molecule has 0 radical (unpaired) electrons. The number of nitrogens with zero attached hydrogens (tertiary/aromatic N) is 1. The number of hydrogen-bond donors (Lipinski definition) is 0. The monoisotopic (exact) mass is 427 g/mol. The summed E-state index contributed by atoms with van der Waals surface area (Å²) in [6, 6.07) is 14.8. The quantitative estimate of drug-likeness (QED) is 0.645. The summed E-state index contributed by atoms with van der Waals surface area (Å²) in [7, 11) is 0. The maximum Gasteiger partial charge on any atom is 0.152 e. The summed E-state index contributed by atoms with van der Waals surface area (Å²) in [5.41, 5.74) is 1.44. The molecule has 2 nitrogen and oxygen atoms in total. The van der Waals surface area contributed by atoms with Gasteiger partial charge in [-0.3, -0.25) is 9.69 Å². The molecule has 2 aromatic rings. The Morgan fingerprint density at radius 2 is 1.83 bits per heavy atom. The first-order valence-electron chi connectivity index (χ1n) is 8.21. The third kappa shape index (κ3) is 5.99. The van der Waals surface area contributed by atoms with Gasteiger partial charge in [0.2, 0.25) is 0 Å². The standard InChI is InChI=1S/C19H22BrNOS.ClH/c20-19-7-6-18(23-19)13-17(22)14-21-10-8-16(9-11-21)12-15-4-2-1-3-5-15;/h1-7,16H,8-14H2;1H. The van der Waals surface area contributed by atoms with Crippen molar-refractivity contribution in [2.45, 2.75) is 25.7 Å². The van der Waals surface area contributed by atoms with E-state index in [0.717, 1.165) is 27.7 Å². The molecule has 0 unspecified atom stereocenters. The smallest absolute Gasteiger partial charge is 0.152 e. The first-order valence-corrected chi connectivity index (χ1v) is 9.82. The Bertz CT molecular complexity index is 638. The number of piperidine rings is 1. The molecule has 2 heterocycles. The Morgan fingerprint density at radius 1 is 1.12 bits per heavy atom. The fraction of sp³-hybridized carbons (Fsp3) is 0.421. The summed E-state index contributed by atoms with van der Waals surface area (Å²) in [6.45, 7) is 2.71. The van der Waals surface area contributed by atoms with E-state index in [4.69, 9.17) is 0 Å². The molecule has 3 rings (SSSR count). The molecule has 0 N–H and O–H groups in total. The molecule has 5 heteroatoms. The summed E-state index contributed by atoms with van der Waals surface area (Å²) in [6.07, 6.45) is 4.14. The number of ketones is 1. The Balaban J connectivity index is 0.00000208. The summed E-state index contributed by atoms with van der Waals surface area (Å²) in [5, 5.41) is 0. The largest absolute Gasteiger partial charge is 0.298 e.